The van der Waals surface area contributed by atoms with E-state index in [4.69, 9.17) is 0 Å². The van der Waals surface area contributed by atoms with Crippen LogP contribution in [0, 0.1) is 0 Å². The minimum Gasteiger partial charge on any atom is -0.507 e. The van der Waals surface area contributed by atoms with Gasteiger partial charge < -0.3 is 9.84 Å². The van der Waals surface area contributed by atoms with Gasteiger partial charge in [0.2, 0.25) is 0 Å². The molecule has 0 amide bonds. The van der Waals surface area contributed by atoms with Gasteiger partial charge in [-0.2, -0.15) is 0 Å². The van der Waals surface area contributed by atoms with Crippen LogP contribution in [-0.4, -0.2) is 16.5 Å². The fourth-order valence-electron chi connectivity index (χ4n) is 1.34. The van der Waals surface area contributed by atoms with E-state index in [0.29, 0.717) is 0 Å². The zero-order valence-corrected chi connectivity index (χ0v) is 7.82. The molecular weight excluding hydrogens is 223 g/mol. The third kappa shape index (κ3) is 2.00. The predicted octanol–water partition coefficient (Wildman–Crippen LogP) is 2.84. The zero-order valence-electron chi connectivity index (χ0n) is 7.82. The molecule has 6 heteroatoms. The predicted molar refractivity (Wildman–Crippen MR) is 50.1 cm³/mol. The maximum absolute atomic E-state index is 12.1. The Balaban J connectivity index is 2.59. The standard InChI is InChI=1S/C10H6F3NO2/c11-10(12,13)16-8-4-3-7(15)6-2-1-5-14-9(6)8/h1-5,15H. The van der Waals surface area contributed by atoms with Gasteiger partial charge in [-0.15, -0.1) is 13.2 Å². The van der Waals surface area contributed by atoms with E-state index in [0.717, 1.165) is 12.1 Å². The van der Waals surface area contributed by atoms with Gasteiger partial charge in [0.15, 0.2) is 5.75 Å². The summed E-state index contributed by atoms with van der Waals surface area (Å²) in [6.07, 6.45) is -3.45. The smallest absolute Gasteiger partial charge is 0.507 e. The van der Waals surface area contributed by atoms with Gasteiger partial charge in [0.1, 0.15) is 11.3 Å². The highest BCUT2D eigenvalue weighted by atomic mass is 19.4. The Labute approximate surface area is 88.1 Å². The summed E-state index contributed by atoms with van der Waals surface area (Å²) in [5, 5.41) is 9.63. The summed E-state index contributed by atoms with van der Waals surface area (Å²) < 4.78 is 40.0. The van der Waals surface area contributed by atoms with Gasteiger partial charge in [-0.3, -0.25) is 4.98 Å². The summed E-state index contributed by atoms with van der Waals surface area (Å²) >= 11 is 0. The number of aromatic hydroxyl groups is 1. The summed E-state index contributed by atoms with van der Waals surface area (Å²) in [5.74, 6) is -0.571. The summed E-state index contributed by atoms with van der Waals surface area (Å²) in [6.45, 7) is 0. The van der Waals surface area contributed by atoms with Crippen LogP contribution in [0.3, 0.4) is 0 Å². The Hall–Kier alpha value is -1.98. The number of pyridine rings is 1. The van der Waals surface area contributed by atoms with Crippen LogP contribution in [0.2, 0.25) is 0 Å². The molecule has 84 valence electrons. The number of phenolic OH excluding ortho intramolecular Hbond substituents is 1. The molecule has 3 nitrogen and oxygen atoms in total. The molecular formula is C10H6F3NO2. The van der Waals surface area contributed by atoms with Crippen molar-refractivity contribution in [2.75, 3.05) is 0 Å². The molecule has 1 aromatic carbocycles. The summed E-state index contributed by atoms with van der Waals surface area (Å²) in [6, 6.07) is 5.13. The molecule has 0 aliphatic heterocycles. The number of benzene rings is 1. The highest BCUT2D eigenvalue weighted by Crippen LogP contribution is 2.33. The third-order valence-corrected chi connectivity index (χ3v) is 1.94. The Morgan fingerprint density at radius 3 is 2.62 bits per heavy atom. The highest BCUT2D eigenvalue weighted by molar-refractivity contribution is 5.89. The Bertz CT molecular complexity index is 525. The largest absolute Gasteiger partial charge is 0.573 e. The third-order valence-electron chi connectivity index (χ3n) is 1.94. The quantitative estimate of drug-likeness (QED) is 0.817. The van der Waals surface area contributed by atoms with Crippen LogP contribution in [-0.2, 0) is 0 Å². The topological polar surface area (TPSA) is 42.4 Å². The number of nitrogens with zero attached hydrogens (tertiary/aromatic N) is 1. The van der Waals surface area contributed by atoms with Crippen LogP contribution < -0.4 is 4.74 Å². The van der Waals surface area contributed by atoms with E-state index in [1.54, 1.807) is 0 Å². The number of hydrogen-bond acceptors (Lipinski definition) is 3. The van der Waals surface area contributed by atoms with E-state index in [2.05, 4.69) is 9.72 Å². The molecule has 0 unspecified atom stereocenters. The molecule has 1 heterocycles. The fourth-order valence-corrected chi connectivity index (χ4v) is 1.34. The highest BCUT2D eigenvalue weighted by Gasteiger charge is 2.32. The molecule has 0 fully saturated rings. The van der Waals surface area contributed by atoms with Crippen molar-refractivity contribution in [1.29, 1.82) is 0 Å². The number of halogens is 3. The maximum atomic E-state index is 12.1. The number of rotatable bonds is 1. The van der Waals surface area contributed by atoms with Gasteiger partial charge in [0.05, 0.1) is 0 Å². The van der Waals surface area contributed by atoms with E-state index in [9.17, 15) is 18.3 Å². The minimum atomic E-state index is -4.78. The van der Waals surface area contributed by atoms with Crippen molar-refractivity contribution in [3.05, 3.63) is 30.5 Å². The molecule has 2 aromatic rings. The normalized spacial score (nSPS) is 11.7. The molecule has 0 atom stereocenters. The Morgan fingerprint density at radius 1 is 1.19 bits per heavy atom. The van der Waals surface area contributed by atoms with Crippen LogP contribution in [0.25, 0.3) is 10.9 Å². The first-order chi connectivity index (χ1) is 7.47. The lowest BCUT2D eigenvalue weighted by Gasteiger charge is -2.11. The van der Waals surface area contributed by atoms with Crippen LogP contribution in [0.5, 0.6) is 11.5 Å². The van der Waals surface area contributed by atoms with Crippen molar-refractivity contribution < 1.29 is 23.0 Å². The molecule has 1 N–H and O–H groups in total. The minimum absolute atomic E-state index is 0.0279. The zero-order chi connectivity index (χ0) is 11.8. The number of alkyl halides is 3. The molecule has 16 heavy (non-hydrogen) atoms. The first-order valence-corrected chi connectivity index (χ1v) is 4.30. The van der Waals surface area contributed by atoms with Gasteiger partial charge in [0, 0.05) is 11.6 Å². The van der Waals surface area contributed by atoms with E-state index in [1.807, 2.05) is 0 Å². The number of phenols is 1. The first kappa shape index (κ1) is 10.5. The van der Waals surface area contributed by atoms with E-state index in [1.165, 1.54) is 18.3 Å². The van der Waals surface area contributed by atoms with Crippen LogP contribution >= 0.6 is 0 Å². The van der Waals surface area contributed by atoms with Crippen LogP contribution in [0.1, 0.15) is 0 Å². The van der Waals surface area contributed by atoms with E-state index < -0.39 is 12.1 Å². The summed E-state index contributed by atoms with van der Waals surface area (Å²) in [7, 11) is 0. The van der Waals surface area contributed by atoms with Crippen molar-refractivity contribution >= 4 is 10.9 Å². The molecule has 0 aliphatic carbocycles. The second-order valence-corrected chi connectivity index (χ2v) is 3.03. The van der Waals surface area contributed by atoms with Crippen molar-refractivity contribution in [2.24, 2.45) is 0 Å². The first-order valence-electron chi connectivity index (χ1n) is 4.30. The second kappa shape index (κ2) is 3.55. The number of hydrogen-bond donors (Lipinski definition) is 1. The SMILES string of the molecule is Oc1ccc(OC(F)(F)F)c2ncccc12. The lowest BCUT2D eigenvalue weighted by molar-refractivity contribution is -0.274. The van der Waals surface area contributed by atoms with Crippen LogP contribution in [0.4, 0.5) is 13.2 Å². The molecule has 0 saturated heterocycles. The Kier molecular flexibility index (Phi) is 2.34. The molecule has 0 aliphatic rings. The average molecular weight is 229 g/mol. The second-order valence-electron chi connectivity index (χ2n) is 3.03. The fraction of sp³-hybridized carbons (Fsp3) is 0.100. The molecule has 2 rings (SSSR count). The maximum Gasteiger partial charge on any atom is 0.573 e. The van der Waals surface area contributed by atoms with Crippen molar-refractivity contribution in [3.8, 4) is 11.5 Å². The molecule has 0 radical (unpaired) electrons. The molecule has 0 saturated carbocycles. The average Bonchev–Trinajstić information content (AvgIpc) is 2.21. The van der Waals surface area contributed by atoms with Crippen molar-refractivity contribution in [3.63, 3.8) is 0 Å². The van der Waals surface area contributed by atoms with Gasteiger partial charge in [-0.1, -0.05) is 0 Å². The Morgan fingerprint density at radius 2 is 1.94 bits per heavy atom. The van der Waals surface area contributed by atoms with Crippen LogP contribution in [0.15, 0.2) is 30.5 Å². The number of fused-ring (bicyclic) bond motifs is 1. The molecule has 0 spiro atoms. The van der Waals surface area contributed by atoms with Gasteiger partial charge >= 0.3 is 6.36 Å². The van der Waals surface area contributed by atoms with Gasteiger partial charge in [-0.25, -0.2) is 0 Å². The van der Waals surface area contributed by atoms with E-state index in [-0.39, 0.29) is 16.7 Å². The monoisotopic (exact) mass is 229 g/mol. The molecule has 0 bridgehead atoms. The number of ether oxygens (including phenoxy) is 1. The van der Waals surface area contributed by atoms with Crippen molar-refractivity contribution in [1.82, 2.24) is 4.98 Å². The molecule has 1 aromatic heterocycles. The lowest BCUT2D eigenvalue weighted by atomic mass is 10.2. The van der Waals surface area contributed by atoms with Gasteiger partial charge in [0.25, 0.3) is 0 Å². The summed E-state index contributed by atoms with van der Waals surface area (Å²) in [5.41, 5.74) is -0.0279. The summed E-state index contributed by atoms with van der Waals surface area (Å²) in [4.78, 5) is 3.74. The van der Waals surface area contributed by atoms with Gasteiger partial charge in [-0.05, 0) is 24.3 Å². The lowest BCUT2D eigenvalue weighted by Crippen LogP contribution is -2.17. The number of aromatic nitrogens is 1. The van der Waals surface area contributed by atoms with Crippen molar-refractivity contribution in [2.45, 2.75) is 6.36 Å². The van der Waals surface area contributed by atoms with E-state index >= 15 is 0 Å².